The van der Waals surface area contributed by atoms with Gasteiger partial charge in [-0.15, -0.1) is 0 Å². The highest BCUT2D eigenvalue weighted by molar-refractivity contribution is 7.92. The van der Waals surface area contributed by atoms with E-state index < -0.39 is 38.1 Å². The highest BCUT2D eigenvalue weighted by Gasteiger charge is 2.32. The second-order valence-electron chi connectivity index (χ2n) is 12.8. The zero-order valence-corrected chi connectivity index (χ0v) is 31.6. The first-order chi connectivity index (χ1) is 24.2. The molecule has 3 aromatic rings. The number of aliphatic hydroxyl groups is 1. The number of likely N-dealkylation sites (N-methyl/N-ethyl adjacent to an activating group) is 1. The van der Waals surface area contributed by atoms with E-state index in [1.165, 1.54) is 79.0 Å². The SMILES string of the molecule is COc1ccc(S(=O)(=O)Nc2ccc3c(c2)C(=O)N([C@@H](C)CO)C[C@H](C)[C@H](CN(C)S(=O)(=O)c2ccc(OC)cc2)OCCCC[C@H](C)O3)cc1. The number of fused-ring (bicyclic) bond motifs is 1. The molecule has 0 aliphatic carbocycles. The number of carbonyl (C=O) groups excluding carboxylic acids is 1. The molecule has 2 N–H and O–H groups in total. The maximum atomic E-state index is 14.4. The first-order valence-electron chi connectivity index (χ1n) is 16.8. The van der Waals surface area contributed by atoms with Gasteiger partial charge in [-0.3, -0.25) is 9.52 Å². The summed E-state index contributed by atoms with van der Waals surface area (Å²) in [4.78, 5) is 16.0. The molecule has 0 unspecified atom stereocenters. The summed E-state index contributed by atoms with van der Waals surface area (Å²) >= 11 is 0. The molecule has 280 valence electrons. The molecule has 0 aromatic heterocycles. The molecule has 13 nitrogen and oxygen atoms in total. The van der Waals surface area contributed by atoms with Crippen LogP contribution in [0.2, 0.25) is 0 Å². The van der Waals surface area contributed by atoms with Crippen molar-refractivity contribution in [1.29, 1.82) is 0 Å². The number of amides is 1. The van der Waals surface area contributed by atoms with Crippen LogP contribution < -0.4 is 18.9 Å². The summed E-state index contributed by atoms with van der Waals surface area (Å²) in [6.45, 7) is 5.58. The lowest BCUT2D eigenvalue weighted by Gasteiger charge is -2.35. The van der Waals surface area contributed by atoms with Crippen LogP contribution in [0, 0.1) is 5.92 Å². The smallest absolute Gasteiger partial charge is 0.261 e. The first kappa shape index (κ1) is 39.9. The van der Waals surface area contributed by atoms with E-state index >= 15 is 0 Å². The Kier molecular flexibility index (Phi) is 13.7. The van der Waals surface area contributed by atoms with Crippen LogP contribution >= 0.6 is 0 Å². The molecule has 4 atom stereocenters. The number of ether oxygens (including phenoxy) is 4. The summed E-state index contributed by atoms with van der Waals surface area (Å²) in [6, 6.07) is 15.9. The van der Waals surface area contributed by atoms with Gasteiger partial charge in [0.05, 0.1) is 54.4 Å². The first-order valence-corrected chi connectivity index (χ1v) is 19.7. The molecular formula is C36H49N3O10S2. The zero-order valence-electron chi connectivity index (χ0n) is 29.9. The summed E-state index contributed by atoms with van der Waals surface area (Å²) in [5, 5.41) is 10.3. The fourth-order valence-electron chi connectivity index (χ4n) is 5.70. The second-order valence-corrected chi connectivity index (χ2v) is 16.5. The van der Waals surface area contributed by atoms with Gasteiger partial charge in [-0.2, -0.15) is 4.31 Å². The fourth-order valence-corrected chi connectivity index (χ4v) is 7.93. The lowest BCUT2D eigenvalue weighted by molar-refractivity contribution is -0.00833. The number of hydrogen-bond acceptors (Lipinski definition) is 10. The van der Waals surface area contributed by atoms with E-state index in [0.717, 1.165) is 6.42 Å². The van der Waals surface area contributed by atoms with Crippen LogP contribution in [0.1, 0.15) is 50.4 Å². The summed E-state index contributed by atoms with van der Waals surface area (Å²) < 4.78 is 80.3. The summed E-state index contributed by atoms with van der Waals surface area (Å²) in [6.07, 6.45) is 1.19. The molecule has 1 aliphatic heterocycles. The zero-order chi connectivity index (χ0) is 37.3. The van der Waals surface area contributed by atoms with Gasteiger partial charge in [-0.05, 0) is 99.8 Å². The third-order valence-electron chi connectivity index (χ3n) is 8.88. The van der Waals surface area contributed by atoms with Gasteiger partial charge in [-0.1, -0.05) is 6.92 Å². The van der Waals surface area contributed by atoms with Crippen molar-refractivity contribution in [2.75, 3.05) is 52.3 Å². The summed E-state index contributed by atoms with van der Waals surface area (Å²) in [5.74, 6) is 0.427. The fraction of sp³-hybridized carbons (Fsp3) is 0.472. The maximum Gasteiger partial charge on any atom is 0.261 e. The van der Waals surface area contributed by atoms with Gasteiger partial charge in [-0.25, -0.2) is 16.8 Å². The standard InChI is InChI=1S/C36H49N3O10S2/c1-25-22-39(26(2)24-40)36(41)33-21-28(37-50(42,43)31-15-11-29(46-5)12-16-31)10-19-34(33)49-27(3)9-7-8-20-48-35(25)23-38(4)51(44,45)32-17-13-30(47-6)14-18-32/h10-19,21,25-27,35,37,40H,7-9,20,22-24H2,1-6H3/t25-,26-,27-,35-/m0/s1. The van der Waals surface area contributed by atoms with Crippen LogP contribution in [-0.2, 0) is 24.8 Å². The molecule has 15 heteroatoms. The Hall–Kier alpha value is -3.89. The molecule has 1 heterocycles. The van der Waals surface area contributed by atoms with Crippen molar-refractivity contribution in [3.8, 4) is 17.2 Å². The Balaban J connectivity index is 1.66. The van der Waals surface area contributed by atoms with Crippen LogP contribution in [0.5, 0.6) is 17.2 Å². The summed E-state index contributed by atoms with van der Waals surface area (Å²) in [7, 11) is -3.43. The molecule has 0 saturated carbocycles. The Bertz CT molecular complexity index is 1820. The molecule has 1 amide bonds. The Morgan fingerprint density at radius 3 is 2.14 bits per heavy atom. The number of carbonyl (C=O) groups is 1. The number of nitrogens with zero attached hydrogens (tertiary/aromatic N) is 2. The normalized spacial score (nSPS) is 20.1. The number of anilines is 1. The average Bonchev–Trinajstić information content (AvgIpc) is 3.12. The molecule has 0 bridgehead atoms. The van der Waals surface area contributed by atoms with Crippen molar-refractivity contribution in [2.45, 2.75) is 68.1 Å². The topological polar surface area (TPSA) is 161 Å². The molecule has 4 rings (SSSR count). The Morgan fingerprint density at radius 1 is 0.941 bits per heavy atom. The monoisotopic (exact) mass is 747 g/mol. The molecule has 0 fully saturated rings. The highest BCUT2D eigenvalue weighted by atomic mass is 32.2. The van der Waals surface area contributed by atoms with Crippen molar-refractivity contribution in [3.05, 3.63) is 72.3 Å². The van der Waals surface area contributed by atoms with E-state index in [1.807, 2.05) is 13.8 Å². The van der Waals surface area contributed by atoms with Crippen molar-refractivity contribution in [2.24, 2.45) is 5.92 Å². The third kappa shape index (κ3) is 10.1. The molecule has 0 radical (unpaired) electrons. The van der Waals surface area contributed by atoms with Gasteiger partial charge in [0.15, 0.2) is 0 Å². The molecule has 0 spiro atoms. The van der Waals surface area contributed by atoms with Gasteiger partial charge >= 0.3 is 0 Å². The third-order valence-corrected chi connectivity index (χ3v) is 12.1. The minimum absolute atomic E-state index is 0.00829. The van der Waals surface area contributed by atoms with Gasteiger partial charge in [0.25, 0.3) is 15.9 Å². The van der Waals surface area contributed by atoms with Crippen LogP contribution in [0.4, 0.5) is 5.69 Å². The van der Waals surface area contributed by atoms with Gasteiger partial charge < -0.3 is 29.0 Å². The number of sulfonamides is 2. The van der Waals surface area contributed by atoms with E-state index in [2.05, 4.69) is 4.72 Å². The number of benzene rings is 3. The maximum absolute atomic E-state index is 14.4. The van der Waals surface area contributed by atoms with Crippen LogP contribution in [0.3, 0.4) is 0 Å². The number of hydrogen-bond donors (Lipinski definition) is 2. The van der Waals surface area contributed by atoms with E-state index in [0.29, 0.717) is 30.9 Å². The largest absolute Gasteiger partial charge is 0.497 e. The van der Waals surface area contributed by atoms with Crippen molar-refractivity contribution in [3.63, 3.8) is 0 Å². The molecule has 3 aromatic carbocycles. The van der Waals surface area contributed by atoms with Crippen molar-refractivity contribution in [1.82, 2.24) is 9.21 Å². The van der Waals surface area contributed by atoms with E-state index in [-0.39, 0.29) is 58.5 Å². The average molecular weight is 748 g/mol. The van der Waals surface area contributed by atoms with Crippen molar-refractivity contribution < 1.29 is 45.7 Å². The molecular weight excluding hydrogens is 699 g/mol. The molecule has 1 aliphatic rings. The number of aliphatic hydroxyl groups excluding tert-OH is 1. The van der Waals surface area contributed by atoms with Gasteiger partial charge in [0.2, 0.25) is 10.0 Å². The highest BCUT2D eigenvalue weighted by Crippen LogP contribution is 2.30. The molecule has 51 heavy (non-hydrogen) atoms. The number of nitrogens with one attached hydrogen (secondary N) is 1. The minimum Gasteiger partial charge on any atom is -0.497 e. The second kappa shape index (κ2) is 17.6. The Labute approximate surface area is 301 Å². The van der Waals surface area contributed by atoms with Gasteiger partial charge in [0, 0.05) is 38.3 Å². The van der Waals surface area contributed by atoms with Crippen LogP contribution in [-0.4, -0.2) is 103 Å². The van der Waals surface area contributed by atoms with Crippen LogP contribution in [0.25, 0.3) is 0 Å². The van der Waals surface area contributed by atoms with Crippen molar-refractivity contribution >= 4 is 31.6 Å². The van der Waals surface area contributed by atoms with E-state index in [1.54, 1.807) is 25.1 Å². The van der Waals surface area contributed by atoms with Gasteiger partial charge in [0.1, 0.15) is 17.2 Å². The molecule has 0 saturated heterocycles. The quantitative estimate of drug-likeness (QED) is 0.283. The van der Waals surface area contributed by atoms with Crippen LogP contribution in [0.15, 0.2) is 76.5 Å². The number of methoxy groups -OCH3 is 2. The minimum atomic E-state index is -4.03. The van der Waals surface area contributed by atoms with E-state index in [4.69, 9.17) is 18.9 Å². The number of rotatable bonds is 11. The predicted molar refractivity (Wildman–Crippen MR) is 193 cm³/mol. The lowest BCUT2D eigenvalue weighted by Crippen LogP contribution is -2.48. The lowest BCUT2D eigenvalue weighted by atomic mass is 10.0. The predicted octanol–water partition coefficient (Wildman–Crippen LogP) is 4.62. The summed E-state index contributed by atoms with van der Waals surface area (Å²) in [5.41, 5.74) is 0.254. The van der Waals surface area contributed by atoms with E-state index in [9.17, 15) is 26.7 Å². The Morgan fingerprint density at radius 2 is 1.55 bits per heavy atom.